The fourth-order valence-electron chi connectivity index (χ4n) is 3.61. The standard InChI is InChI=1S/C23H18ClN3O3S/c24-19-9-5-4-8-18(19)23(28)25-16-12-13-20-21(14-16)31(29,30)26-22(15-10-11-15)27(20)17-6-2-1-3-7-17/h1-9,12-15H,10-11H2,(H,25,28). The van der Waals surface area contributed by atoms with Gasteiger partial charge in [-0.1, -0.05) is 41.9 Å². The molecule has 1 amide bonds. The maximum absolute atomic E-state index is 13.0. The molecule has 1 N–H and O–H groups in total. The van der Waals surface area contributed by atoms with Gasteiger partial charge in [-0.05, 0) is 55.3 Å². The van der Waals surface area contributed by atoms with E-state index in [0.29, 0.717) is 27.8 Å². The van der Waals surface area contributed by atoms with Gasteiger partial charge in [-0.3, -0.25) is 9.69 Å². The summed E-state index contributed by atoms with van der Waals surface area (Å²) in [7, 11) is -3.90. The average molecular weight is 452 g/mol. The fourth-order valence-corrected chi connectivity index (χ4v) is 5.11. The van der Waals surface area contributed by atoms with Gasteiger partial charge < -0.3 is 5.32 Å². The average Bonchev–Trinajstić information content (AvgIpc) is 3.60. The minimum atomic E-state index is -3.90. The monoisotopic (exact) mass is 451 g/mol. The molecule has 1 saturated carbocycles. The molecule has 0 atom stereocenters. The highest BCUT2D eigenvalue weighted by molar-refractivity contribution is 7.90. The number of rotatable bonds is 4. The van der Waals surface area contributed by atoms with Gasteiger partial charge in [0.05, 0.1) is 16.3 Å². The van der Waals surface area contributed by atoms with Gasteiger partial charge in [0.25, 0.3) is 15.9 Å². The van der Waals surface area contributed by atoms with Gasteiger partial charge in [0.15, 0.2) is 0 Å². The van der Waals surface area contributed by atoms with E-state index >= 15 is 0 Å². The van der Waals surface area contributed by atoms with Crippen molar-refractivity contribution in [1.82, 2.24) is 0 Å². The van der Waals surface area contributed by atoms with Crippen molar-refractivity contribution in [2.45, 2.75) is 17.7 Å². The van der Waals surface area contributed by atoms with E-state index in [0.717, 1.165) is 18.5 Å². The summed E-state index contributed by atoms with van der Waals surface area (Å²) < 4.78 is 30.2. The number of hydrogen-bond acceptors (Lipinski definition) is 4. The predicted molar refractivity (Wildman–Crippen MR) is 122 cm³/mol. The molecule has 0 spiro atoms. The summed E-state index contributed by atoms with van der Waals surface area (Å²) in [6.07, 6.45) is 1.83. The maximum Gasteiger partial charge on any atom is 0.286 e. The molecule has 1 aliphatic carbocycles. The summed E-state index contributed by atoms with van der Waals surface area (Å²) in [5.41, 5.74) is 2.03. The third kappa shape index (κ3) is 3.71. The summed E-state index contributed by atoms with van der Waals surface area (Å²) in [5.74, 6) is 0.259. The Morgan fingerprint density at radius 1 is 1.00 bits per heavy atom. The lowest BCUT2D eigenvalue weighted by atomic mass is 10.1. The molecule has 0 radical (unpaired) electrons. The van der Waals surface area contributed by atoms with Crippen LogP contribution < -0.4 is 10.2 Å². The smallest absolute Gasteiger partial charge is 0.286 e. The number of para-hydroxylation sites is 1. The van der Waals surface area contributed by atoms with E-state index in [9.17, 15) is 13.2 Å². The Bertz CT molecular complexity index is 1320. The Morgan fingerprint density at radius 2 is 1.71 bits per heavy atom. The second kappa shape index (κ2) is 7.51. The molecule has 0 aromatic heterocycles. The van der Waals surface area contributed by atoms with Crippen LogP contribution in [0.25, 0.3) is 0 Å². The summed E-state index contributed by atoms with van der Waals surface area (Å²) in [6, 6.07) is 21.1. The van der Waals surface area contributed by atoms with Crippen molar-refractivity contribution in [2.24, 2.45) is 10.3 Å². The number of benzene rings is 3. The van der Waals surface area contributed by atoms with Crippen LogP contribution in [0.15, 0.2) is 82.1 Å². The number of sulfonamides is 1. The van der Waals surface area contributed by atoms with Crippen molar-refractivity contribution in [2.75, 3.05) is 10.2 Å². The number of nitrogens with zero attached hydrogens (tertiary/aromatic N) is 2. The number of amidine groups is 1. The minimum absolute atomic E-state index is 0.0534. The molecule has 1 aliphatic heterocycles. The molecule has 8 heteroatoms. The van der Waals surface area contributed by atoms with Gasteiger partial charge in [0.2, 0.25) is 0 Å². The molecule has 6 nitrogen and oxygen atoms in total. The first-order chi connectivity index (χ1) is 14.9. The van der Waals surface area contributed by atoms with Gasteiger partial charge >= 0.3 is 0 Å². The molecule has 1 heterocycles. The lowest BCUT2D eigenvalue weighted by Crippen LogP contribution is -2.33. The molecule has 2 aliphatic rings. The molecule has 0 saturated heterocycles. The summed E-state index contributed by atoms with van der Waals surface area (Å²) >= 11 is 6.10. The van der Waals surface area contributed by atoms with E-state index in [1.54, 1.807) is 36.4 Å². The van der Waals surface area contributed by atoms with Crippen LogP contribution >= 0.6 is 11.6 Å². The second-order valence-electron chi connectivity index (χ2n) is 7.49. The van der Waals surface area contributed by atoms with Gasteiger partial charge in [0.1, 0.15) is 10.7 Å². The topological polar surface area (TPSA) is 78.8 Å². The zero-order chi connectivity index (χ0) is 21.6. The number of amides is 1. The lowest BCUT2D eigenvalue weighted by molar-refractivity contribution is 0.102. The van der Waals surface area contributed by atoms with Crippen LogP contribution in [0.3, 0.4) is 0 Å². The first-order valence-electron chi connectivity index (χ1n) is 9.84. The number of carbonyl (C=O) groups is 1. The van der Waals surface area contributed by atoms with Crippen LogP contribution in [0, 0.1) is 5.92 Å². The Hall–Kier alpha value is -3.16. The number of halogens is 1. The molecule has 3 aromatic rings. The van der Waals surface area contributed by atoms with E-state index in [2.05, 4.69) is 9.71 Å². The highest BCUT2D eigenvalue weighted by atomic mass is 35.5. The largest absolute Gasteiger partial charge is 0.322 e. The number of carbonyl (C=O) groups excluding carboxylic acids is 1. The highest BCUT2D eigenvalue weighted by Gasteiger charge is 2.40. The van der Waals surface area contributed by atoms with Gasteiger partial charge in [-0.15, -0.1) is 4.40 Å². The maximum atomic E-state index is 13.0. The van der Waals surface area contributed by atoms with Gasteiger partial charge in [0, 0.05) is 17.3 Å². The fraction of sp³-hybridized carbons (Fsp3) is 0.130. The van der Waals surface area contributed by atoms with E-state index in [1.165, 1.54) is 6.07 Å². The van der Waals surface area contributed by atoms with Crippen LogP contribution in [0.1, 0.15) is 23.2 Å². The molecular formula is C23H18ClN3O3S. The van der Waals surface area contributed by atoms with Crippen LogP contribution in [-0.2, 0) is 10.0 Å². The van der Waals surface area contributed by atoms with E-state index < -0.39 is 15.9 Å². The summed E-state index contributed by atoms with van der Waals surface area (Å²) in [6.45, 7) is 0. The third-order valence-electron chi connectivity index (χ3n) is 5.25. The Labute approximate surface area is 185 Å². The van der Waals surface area contributed by atoms with Crippen molar-refractivity contribution in [3.05, 3.63) is 83.4 Å². The van der Waals surface area contributed by atoms with Gasteiger partial charge in [-0.25, -0.2) is 0 Å². The van der Waals surface area contributed by atoms with Crippen LogP contribution in [0.2, 0.25) is 5.02 Å². The van der Waals surface area contributed by atoms with Crippen LogP contribution in [0.5, 0.6) is 0 Å². The highest BCUT2D eigenvalue weighted by Crippen LogP contribution is 2.44. The number of nitrogens with one attached hydrogen (secondary N) is 1. The third-order valence-corrected chi connectivity index (χ3v) is 6.89. The zero-order valence-electron chi connectivity index (χ0n) is 16.3. The Balaban J connectivity index is 1.56. The molecule has 1 fully saturated rings. The molecule has 5 rings (SSSR count). The van der Waals surface area contributed by atoms with E-state index in [-0.39, 0.29) is 10.8 Å². The Kier molecular flexibility index (Phi) is 4.79. The second-order valence-corrected chi connectivity index (χ2v) is 9.47. The summed E-state index contributed by atoms with van der Waals surface area (Å²) in [4.78, 5) is 14.6. The number of anilines is 3. The minimum Gasteiger partial charge on any atom is -0.322 e. The molecule has 0 bridgehead atoms. The van der Waals surface area contributed by atoms with Crippen LogP contribution in [0.4, 0.5) is 17.1 Å². The lowest BCUT2D eigenvalue weighted by Gasteiger charge is -2.31. The first-order valence-corrected chi connectivity index (χ1v) is 11.7. The SMILES string of the molecule is O=C(Nc1ccc2c(c1)S(=O)(=O)N=C(C1CC1)N2c1ccccc1)c1ccccc1Cl. The molecule has 0 unspecified atom stereocenters. The molecule has 3 aromatic carbocycles. The quantitative estimate of drug-likeness (QED) is 0.588. The van der Waals surface area contributed by atoms with Crippen LogP contribution in [-0.4, -0.2) is 20.2 Å². The Morgan fingerprint density at radius 3 is 2.42 bits per heavy atom. The summed E-state index contributed by atoms with van der Waals surface area (Å²) in [5, 5.41) is 3.05. The predicted octanol–water partition coefficient (Wildman–Crippen LogP) is 5.24. The molecule has 31 heavy (non-hydrogen) atoms. The van der Waals surface area contributed by atoms with Crippen molar-refractivity contribution in [3.8, 4) is 0 Å². The van der Waals surface area contributed by atoms with Gasteiger partial charge in [-0.2, -0.15) is 8.42 Å². The van der Waals surface area contributed by atoms with Crippen molar-refractivity contribution in [1.29, 1.82) is 0 Å². The first kappa shape index (κ1) is 19.8. The number of fused-ring (bicyclic) bond motifs is 1. The van der Waals surface area contributed by atoms with Crippen molar-refractivity contribution >= 4 is 50.4 Å². The van der Waals surface area contributed by atoms with Crippen molar-refractivity contribution < 1.29 is 13.2 Å². The number of hydrogen-bond donors (Lipinski definition) is 1. The van der Waals surface area contributed by atoms with E-state index in [1.807, 2.05) is 35.2 Å². The molecule has 156 valence electrons. The van der Waals surface area contributed by atoms with E-state index in [4.69, 9.17) is 11.6 Å². The molecular weight excluding hydrogens is 434 g/mol. The normalized spacial score (nSPS) is 16.9. The zero-order valence-corrected chi connectivity index (χ0v) is 17.9. The van der Waals surface area contributed by atoms with Crippen molar-refractivity contribution in [3.63, 3.8) is 0 Å².